The van der Waals surface area contributed by atoms with Gasteiger partial charge in [-0.2, -0.15) is 5.10 Å². The third-order valence-electron chi connectivity index (χ3n) is 2.24. The van der Waals surface area contributed by atoms with E-state index in [4.69, 9.17) is 5.11 Å². The van der Waals surface area contributed by atoms with Crippen molar-refractivity contribution in [1.82, 2.24) is 10.2 Å². The summed E-state index contributed by atoms with van der Waals surface area (Å²) in [6, 6.07) is 4.67. The third-order valence-corrected chi connectivity index (χ3v) is 2.24. The van der Waals surface area contributed by atoms with Crippen LogP contribution in [0.25, 0.3) is 10.9 Å². The molecular weight excluding hydrogens is 199 g/mol. The monoisotopic (exact) mass is 208 g/mol. The average molecular weight is 208 g/mol. The number of carboxylic acid groups (broad SMARTS) is 1. The number of benzene rings is 1. The summed E-state index contributed by atoms with van der Waals surface area (Å²) in [4.78, 5) is 10.8. The van der Waals surface area contributed by atoms with Crippen molar-refractivity contribution in [3.8, 4) is 0 Å². The zero-order valence-electron chi connectivity index (χ0n) is 7.99. The molecule has 0 aliphatic rings. The van der Waals surface area contributed by atoms with Crippen LogP contribution in [0.4, 0.5) is 4.39 Å². The maximum Gasteiger partial charge on any atom is 0.337 e. The lowest BCUT2D eigenvalue weighted by molar-refractivity contribution is 0.0699. The van der Waals surface area contributed by atoms with Gasteiger partial charge in [0.25, 0.3) is 0 Å². The van der Waals surface area contributed by atoms with E-state index in [-0.39, 0.29) is 5.56 Å². The normalized spacial score (nSPS) is 12.9. The van der Waals surface area contributed by atoms with Gasteiger partial charge in [-0.1, -0.05) is 12.1 Å². The van der Waals surface area contributed by atoms with Crippen LogP contribution in [0.5, 0.6) is 0 Å². The molecule has 0 aliphatic carbocycles. The van der Waals surface area contributed by atoms with Crippen molar-refractivity contribution in [2.45, 2.75) is 13.1 Å². The largest absolute Gasteiger partial charge is 0.478 e. The summed E-state index contributed by atoms with van der Waals surface area (Å²) in [5, 5.41) is 15.7. The van der Waals surface area contributed by atoms with E-state index in [1.54, 1.807) is 12.1 Å². The SMILES string of the molecule is CC(F)c1[nH]nc2c(C(=O)O)cccc12. The summed E-state index contributed by atoms with van der Waals surface area (Å²) < 4.78 is 13.1. The zero-order chi connectivity index (χ0) is 11.0. The highest BCUT2D eigenvalue weighted by Gasteiger charge is 2.16. The number of nitrogens with zero attached hydrogens (tertiary/aromatic N) is 1. The van der Waals surface area contributed by atoms with E-state index in [0.29, 0.717) is 16.6 Å². The van der Waals surface area contributed by atoms with E-state index in [0.717, 1.165) is 0 Å². The molecule has 15 heavy (non-hydrogen) atoms. The number of rotatable bonds is 2. The van der Waals surface area contributed by atoms with Crippen LogP contribution in [-0.4, -0.2) is 21.3 Å². The Balaban J connectivity index is 2.74. The number of alkyl halides is 1. The molecule has 0 fully saturated rings. The average Bonchev–Trinajstić information content (AvgIpc) is 2.59. The van der Waals surface area contributed by atoms with Gasteiger partial charge in [-0.05, 0) is 13.0 Å². The van der Waals surface area contributed by atoms with Gasteiger partial charge in [0, 0.05) is 5.39 Å². The number of fused-ring (bicyclic) bond motifs is 1. The zero-order valence-corrected chi connectivity index (χ0v) is 7.99. The molecule has 2 N–H and O–H groups in total. The maximum atomic E-state index is 13.1. The van der Waals surface area contributed by atoms with Gasteiger partial charge in [-0.25, -0.2) is 9.18 Å². The first-order chi connectivity index (χ1) is 7.11. The Bertz CT molecular complexity index is 519. The van der Waals surface area contributed by atoms with Crippen molar-refractivity contribution < 1.29 is 14.3 Å². The standard InChI is InChI=1S/C10H9FN2O2/c1-5(11)8-6-3-2-4-7(10(14)15)9(6)13-12-8/h2-5H,1H3,(H,12,13)(H,14,15). The van der Waals surface area contributed by atoms with Gasteiger partial charge in [0.2, 0.25) is 0 Å². The first kappa shape index (κ1) is 9.64. The first-order valence-electron chi connectivity index (χ1n) is 4.45. The number of nitrogens with one attached hydrogen (secondary N) is 1. The molecule has 0 aliphatic heterocycles. The van der Waals surface area contributed by atoms with Crippen LogP contribution in [0.1, 0.15) is 29.1 Å². The number of carbonyl (C=O) groups is 1. The molecule has 1 heterocycles. The number of para-hydroxylation sites is 1. The fraction of sp³-hybridized carbons (Fsp3) is 0.200. The molecule has 1 atom stereocenters. The summed E-state index contributed by atoms with van der Waals surface area (Å²) in [6.45, 7) is 1.38. The van der Waals surface area contributed by atoms with E-state index in [2.05, 4.69) is 10.2 Å². The van der Waals surface area contributed by atoms with Crippen LogP contribution in [0.2, 0.25) is 0 Å². The lowest BCUT2D eigenvalue weighted by Gasteiger charge is -1.98. The van der Waals surface area contributed by atoms with Crippen molar-refractivity contribution in [1.29, 1.82) is 0 Å². The number of hydrogen-bond acceptors (Lipinski definition) is 2. The van der Waals surface area contributed by atoms with Crippen LogP contribution in [0, 0.1) is 0 Å². The van der Waals surface area contributed by atoms with Gasteiger partial charge in [0.05, 0.1) is 11.3 Å². The Labute approximate surface area is 84.7 Å². The molecule has 0 amide bonds. The number of aromatic amines is 1. The van der Waals surface area contributed by atoms with Crippen LogP contribution in [-0.2, 0) is 0 Å². The van der Waals surface area contributed by atoms with Gasteiger partial charge in [0.1, 0.15) is 11.7 Å². The molecule has 0 radical (unpaired) electrons. The molecule has 1 aromatic heterocycles. The molecule has 1 unspecified atom stereocenters. The predicted molar refractivity (Wildman–Crippen MR) is 52.6 cm³/mol. The van der Waals surface area contributed by atoms with Gasteiger partial charge >= 0.3 is 5.97 Å². The third kappa shape index (κ3) is 1.45. The summed E-state index contributed by atoms with van der Waals surface area (Å²) in [7, 11) is 0. The summed E-state index contributed by atoms with van der Waals surface area (Å²) in [5.41, 5.74) is 0.688. The van der Waals surface area contributed by atoms with E-state index in [1.807, 2.05) is 0 Å². The van der Waals surface area contributed by atoms with Crippen LogP contribution in [0.15, 0.2) is 18.2 Å². The second-order valence-electron chi connectivity index (χ2n) is 3.26. The van der Waals surface area contributed by atoms with E-state index in [9.17, 15) is 9.18 Å². The Morgan fingerprint density at radius 1 is 1.60 bits per heavy atom. The van der Waals surface area contributed by atoms with Crippen molar-refractivity contribution in [3.05, 3.63) is 29.5 Å². The molecule has 0 saturated carbocycles. The summed E-state index contributed by atoms with van der Waals surface area (Å²) in [5.74, 6) is -1.06. The Morgan fingerprint density at radius 2 is 2.33 bits per heavy atom. The molecule has 78 valence electrons. The lowest BCUT2D eigenvalue weighted by atomic mass is 10.1. The fourth-order valence-electron chi connectivity index (χ4n) is 1.53. The minimum Gasteiger partial charge on any atom is -0.478 e. The van der Waals surface area contributed by atoms with Crippen molar-refractivity contribution in [3.63, 3.8) is 0 Å². The lowest BCUT2D eigenvalue weighted by Crippen LogP contribution is -1.96. The van der Waals surface area contributed by atoms with Crippen molar-refractivity contribution in [2.75, 3.05) is 0 Å². The van der Waals surface area contributed by atoms with E-state index in [1.165, 1.54) is 13.0 Å². The van der Waals surface area contributed by atoms with Crippen LogP contribution >= 0.6 is 0 Å². The van der Waals surface area contributed by atoms with Crippen LogP contribution in [0.3, 0.4) is 0 Å². The summed E-state index contributed by atoms with van der Waals surface area (Å²) in [6.07, 6.45) is -1.20. The van der Waals surface area contributed by atoms with Gasteiger partial charge < -0.3 is 5.11 Å². The quantitative estimate of drug-likeness (QED) is 0.795. The number of halogens is 1. The minimum absolute atomic E-state index is 0.0793. The highest BCUT2D eigenvalue weighted by Crippen LogP contribution is 2.25. The highest BCUT2D eigenvalue weighted by atomic mass is 19.1. The number of hydrogen-bond donors (Lipinski definition) is 2. The van der Waals surface area contributed by atoms with Crippen molar-refractivity contribution in [2.24, 2.45) is 0 Å². The van der Waals surface area contributed by atoms with E-state index >= 15 is 0 Å². The second-order valence-corrected chi connectivity index (χ2v) is 3.26. The van der Waals surface area contributed by atoms with Gasteiger partial charge in [-0.3, -0.25) is 5.10 Å². The Kier molecular flexibility index (Phi) is 2.15. The van der Waals surface area contributed by atoms with E-state index < -0.39 is 12.1 Å². The molecule has 0 saturated heterocycles. The van der Waals surface area contributed by atoms with Gasteiger partial charge in [0.15, 0.2) is 0 Å². The Morgan fingerprint density at radius 3 is 2.93 bits per heavy atom. The number of H-pyrrole nitrogens is 1. The minimum atomic E-state index is -1.20. The molecule has 4 nitrogen and oxygen atoms in total. The number of aromatic carboxylic acids is 1. The molecule has 1 aromatic carbocycles. The number of aromatic nitrogens is 2. The second kappa shape index (κ2) is 3.34. The molecule has 2 aromatic rings. The molecule has 0 bridgehead atoms. The molecule has 2 rings (SSSR count). The first-order valence-corrected chi connectivity index (χ1v) is 4.45. The topological polar surface area (TPSA) is 66.0 Å². The molecule has 0 spiro atoms. The molecule has 5 heteroatoms. The smallest absolute Gasteiger partial charge is 0.337 e. The summed E-state index contributed by atoms with van der Waals surface area (Å²) >= 11 is 0. The predicted octanol–water partition coefficient (Wildman–Crippen LogP) is 2.29. The molecular formula is C10H9FN2O2. The fourth-order valence-corrected chi connectivity index (χ4v) is 1.53. The Hall–Kier alpha value is -1.91. The van der Waals surface area contributed by atoms with Crippen LogP contribution < -0.4 is 0 Å². The highest BCUT2D eigenvalue weighted by molar-refractivity contribution is 6.02. The van der Waals surface area contributed by atoms with Crippen molar-refractivity contribution >= 4 is 16.9 Å². The number of carboxylic acids is 1. The van der Waals surface area contributed by atoms with Gasteiger partial charge in [-0.15, -0.1) is 0 Å². The maximum absolute atomic E-state index is 13.1.